The van der Waals surface area contributed by atoms with Crippen molar-refractivity contribution in [1.29, 1.82) is 0 Å². The minimum Gasteiger partial charge on any atom is -0.481 e. The molecule has 0 unspecified atom stereocenters. The molecule has 0 aromatic heterocycles. The summed E-state index contributed by atoms with van der Waals surface area (Å²) >= 11 is 0. The van der Waals surface area contributed by atoms with E-state index in [1.807, 2.05) is 48.5 Å². The molecule has 0 atom stereocenters. The van der Waals surface area contributed by atoms with Crippen LogP contribution in [0.2, 0.25) is 0 Å². The molecule has 2 N–H and O–H groups in total. The number of benzene rings is 3. The molecule has 0 amide bonds. The van der Waals surface area contributed by atoms with Gasteiger partial charge in [0.2, 0.25) is 0 Å². The van der Waals surface area contributed by atoms with Crippen molar-refractivity contribution < 1.29 is 19.1 Å². The summed E-state index contributed by atoms with van der Waals surface area (Å²) in [6, 6.07) is 22.4. The van der Waals surface area contributed by atoms with Crippen molar-refractivity contribution in [2.45, 2.75) is 26.0 Å². The van der Waals surface area contributed by atoms with Gasteiger partial charge in [-0.1, -0.05) is 65.8 Å². The van der Waals surface area contributed by atoms with Crippen LogP contribution in [0.5, 0.6) is 0 Å². The predicted molar refractivity (Wildman–Crippen MR) is 119 cm³/mol. The summed E-state index contributed by atoms with van der Waals surface area (Å²) in [5.74, 6) is -1.04. The van der Waals surface area contributed by atoms with Crippen LogP contribution >= 0.6 is 0 Å². The topological polar surface area (TPSA) is 70.9 Å². The van der Waals surface area contributed by atoms with Crippen LogP contribution in [0.3, 0.4) is 0 Å². The highest BCUT2D eigenvalue weighted by atomic mass is 19.1. The first-order valence-corrected chi connectivity index (χ1v) is 10.1. The smallest absolute Gasteiger partial charge is 0.304 e. The van der Waals surface area contributed by atoms with Gasteiger partial charge in [0.05, 0.1) is 6.42 Å². The first-order valence-electron chi connectivity index (χ1n) is 10.1. The second kappa shape index (κ2) is 11.6. The molecule has 31 heavy (non-hydrogen) atoms. The fraction of sp³-hybridized carbons (Fsp3) is 0.200. The molecule has 3 aromatic rings. The Bertz CT molecular complexity index is 985. The van der Waals surface area contributed by atoms with E-state index in [1.165, 1.54) is 12.1 Å². The molecule has 160 valence electrons. The second-order valence-electron chi connectivity index (χ2n) is 7.11. The Morgan fingerprint density at radius 3 is 2.13 bits per heavy atom. The van der Waals surface area contributed by atoms with E-state index in [0.29, 0.717) is 26.1 Å². The van der Waals surface area contributed by atoms with Crippen LogP contribution in [0, 0.1) is 5.82 Å². The molecule has 0 aliphatic rings. The zero-order valence-corrected chi connectivity index (χ0v) is 17.1. The Morgan fingerprint density at radius 1 is 0.903 bits per heavy atom. The number of hydrogen-bond acceptors (Lipinski definition) is 4. The monoisotopic (exact) mass is 420 g/mol. The number of oxime groups is 1. The van der Waals surface area contributed by atoms with E-state index < -0.39 is 5.97 Å². The standard InChI is InChI=1S/C25H25FN2O3/c26-24-11-9-23(10-12-24)22-7-5-21(6-8-22)18-31-28-16-13-19-1-3-20(4-2-19)17-27-15-14-25(29)30/h1-12,16,27H,13-15,17-18H2,(H,29,30). The van der Waals surface area contributed by atoms with E-state index in [1.54, 1.807) is 18.3 Å². The Balaban J connectivity index is 1.38. The summed E-state index contributed by atoms with van der Waals surface area (Å²) in [5.41, 5.74) is 5.21. The zero-order chi connectivity index (χ0) is 21.9. The largest absolute Gasteiger partial charge is 0.481 e. The summed E-state index contributed by atoms with van der Waals surface area (Å²) in [5, 5.41) is 15.7. The Kier molecular flexibility index (Phi) is 8.31. The predicted octanol–water partition coefficient (Wildman–Crippen LogP) is 4.80. The fourth-order valence-corrected chi connectivity index (χ4v) is 2.96. The van der Waals surface area contributed by atoms with Crippen molar-refractivity contribution in [2.24, 2.45) is 5.16 Å². The Hall–Kier alpha value is -3.51. The molecule has 0 saturated carbocycles. The molecule has 0 spiro atoms. The third kappa shape index (κ3) is 7.68. The summed E-state index contributed by atoms with van der Waals surface area (Å²) in [6.07, 6.45) is 2.51. The van der Waals surface area contributed by atoms with Crippen LogP contribution in [0.4, 0.5) is 4.39 Å². The summed E-state index contributed by atoms with van der Waals surface area (Å²) < 4.78 is 13.0. The highest BCUT2D eigenvalue weighted by Gasteiger charge is 2.00. The number of nitrogens with one attached hydrogen (secondary N) is 1. The lowest BCUT2D eigenvalue weighted by Crippen LogP contribution is -2.17. The third-order valence-corrected chi connectivity index (χ3v) is 4.71. The van der Waals surface area contributed by atoms with Crippen LogP contribution in [0.15, 0.2) is 78.0 Å². The van der Waals surface area contributed by atoms with Gasteiger partial charge in [0.1, 0.15) is 12.4 Å². The number of aliphatic carboxylic acids is 1. The van der Waals surface area contributed by atoms with Crippen LogP contribution in [0.1, 0.15) is 23.1 Å². The number of carbonyl (C=O) groups is 1. The van der Waals surface area contributed by atoms with Crippen LogP contribution in [-0.2, 0) is 29.2 Å². The molecule has 0 heterocycles. The third-order valence-electron chi connectivity index (χ3n) is 4.71. The maximum absolute atomic E-state index is 13.0. The molecule has 3 rings (SSSR count). The molecule has 3 aromatic carbocycles. The van der Waals surface area contributed by atoms with Gasteiger partial charge in [0.15, 0.2) is 0 Å². The fourth-order valence-electron chi connectivity index (χ4n) is 2.96. The maximum atomic E-state index is 13.0. The normalized spacial score (nSPS) is 11.0. The van der Waals surface area contributed by atoms with Crippen molar-refractivity contribution >= 4 is 12.2 Å². The first kappa shape index (κ1) is 22.2. The zero-order valence-electron chi connectivity index (χ0n) is 17.1. The van der Waals surface area contributed by atoms with Gasteiger partial charge in [-0.15, -0.1) is 0 Å². The molecule has 5 nitrogen and oxygen atoms in total. The van der Waals surface area contributed by atoms with Gasteiger partial charge in [0, 0.05) is 25.7 Å². The van der Waals surface area contributed by atoms with Gasteiger partial charge >= 0.3 is 5.97 Å². The molecule has 0 aliphatic carbocycles. The Labute approximate surface area is 181 Å². The highest BCUT2D eigenvalue weighted by Crippen LogP contribution is 2.20. The quantitative estimate of drug-likeness (QED) is 0.266. The van der Waals surface area contributed by atoms with Gasteiger partial charge in [-0.2, -0.15) is 0 Å². The summed E-state index contributed by atoms with van der Waals surface area (Å²) in [6.45, 7) is 1.47. The minimum atomic E-state index is -0.800. The van der Waals surface area contributed by atoms with Crippen LogP contribution in [0.25, 0.3) is 11.1 Å². The molecular weight excluding hydrogens is 395 g/mol. The Morgan fingerprint density at radius 2 is 1.48 bits per heavy atom. The molecule has 0 bridgehead atoms. The van der Waals surface area contributed by atoms with E-state index >= 15 is 0 Å². The van der Waals surface area contributed by atoms with Gasteiger partial charge in [-0.25, -0.2) is 4.39 Å². The lowest BCUT2D eigenvalue weighted by molar-refractivity contribution is -0.136. The number of rotatable bonds is 11. The number of halogens is 1. The number of carboxylic acids is 1. The molecule has 6 heteroatoms. The van der Waals surface area contributed by atoms with Gasteiger partial charge in [-0.05, 0) is 39.9 Å². The van der Waals surface area contributed by atoms with Crippen molar-refractivity contribution in [3.05, 3.63) is 95.3 Å². The maximum Gasteiger partial charge on any atom is 0.304 e. The van der Waals surface area contributed by atoms with Gasteiger partial charge in [-0.3, -0.25) is 4.79 Å². The lowest BCUT2D eigenvalue weighted by atomic mass is 10.0. The lowest BCUT2D eigenvalue weighted by Gasteiger charge is -2.05. The van der Waals surface area contributed by atoms with E-state index in [-0.39, 0.29) is 12.2 Å². The van der Waals surface area contributed by atoms with E-state index in [4.69, 9.17) is 9.94 Å². The van der Waals surface area contributed by atoms with E-state index in [0.717, 1.165) is 27.8 Å². The minimum absolute atomic E-state index is 0.118. The SMILES string of the molecule is O=C(O)CCNCc1ccc(CC=NOCc2ccc(-c3ccc(F)cc3)cc2)cc1. The van der Waals surface area contributed by atoms with Crippen LogP contribution in [-0.4, -0.2) is 23.8 Å². The van der Waals surface area contributed by atoms with Crippen molar-refractivity contribution in [2.75, 3.05) is 6.54 Å². The van der Waals surface area contributed by atoms with Crippen LogP contribution < -0.4 is 5.32 Å². The number of nitrogens with zero attached hydrogens (tertiary/aromatic N) is 1. The van der Waals surface area contributed by atoms with E-state index in [2.05, 4.69) is 10.5 Å². The number of carboxylic acid groups (broad SMARTS) is 1. The van der Waals surface area contributed by atoms with Gasteiger partial charge < -0.3 is 15.3 Å². The molecular formula is C25H25FN2O3. The second-order valence-corrected chi connectivity index (χ2v) is 7.11. The highest BCUT2D eigenvalue weighted by molar-refractivity contribution is 5.66. The van der Waals surface area contributed by atoms with Crippen molar-refractivity contribution in [3.8, 4) is 11.1 Å². The summed E-state index contributed by atoms with van der Waals surface area (Å²) in [4.78, 5) is 15.9. The first-order chi connectivity index (χ1) is 15.1. The molecule has 0 aliphatic heterocycles. The molecule has 0 fully saturated rings. The average molecular weight is 420 g/mol. The average Bonchev–Trinajstić information content (AvgIpc) is 2.78. The van der Waals surface area contributed by atoms with Gasteiger partial charge in [0.25, 0.3) is 0 Å². The number of hydrogen-bond donors (Lipinski definition) is 2. The van der Waals surface area contributed by atoms with Crippen molar-refractivity contribution in [3.63, 3.8) is 0 Å². The van der Waals surface area contributed by atoms with Crippen molar-refractivity contribution in [1.82, 2.24) is 5.32 Å². The summed E-state index contributed by atoms with van der Waals surface area (Å²) in [7, 11) is 0. The van der Waals surface area contributed by atoms with E-state index in [9.17, 15) is 9.18 Å². The molecule has 0 radical (unpaired) electrons. The molecule has 0 saturated heterocycles.